The normalized spacial score (nSPS) is 21.2. The van der Waals surface area contributed by atoms with Crippen LogP contribution in [0.15, 0.2) is 36.9 Å². The Bertz CT molecular complexity index is 522. The van der Waals surface area contributed by atoms with Crippen molar-refractivity contribution in [3.05, 3.63) is 42.5 Å². The zero-order chi connectivity index (χ0) is 13.7. The Kier molecular flexibility index (Phi) is 4.61. The van der Waals surface area contributed by atoms with Crippen LogP contribution >= 0.6 is 0 Å². The van der Waals surface area contributed by atoms with Crippen LogP contribution in [0, 0.1) is 0 Å². The molecule has 0 aliphatic carbocycles. The van der Waals surface area contributed by atoms with Crippen molar-refractivity contribution >= 4 is 9.84 Å². The second-order valence-corrected chi connectivity index (χ2v) is 6.95. The summed E-state index contributed by atoms with van der Waals surface area (Å²) in [7, 11) is -2.81. The van der Waals surface area contributed by atoms with E-state index in [2.05, 4.69) is 11.9 Å². The van der Waals surface area contributed by atoms with Crippen LogP contribution in [-0.2, 0) is 16.4 Å². The van der Waals surface area contributed by atoms with Gasteiger partial charge in [-0.05, 0) is 24.1 Å². The maximum atomic E-state index is 11.3. The van der Waals surface area contributed by atoms with E-state index in [9.17, 15) is 8.42 Å². The summed E-state index contributed by atoms with van der Waals surface area (Å²) in [5.74, 6) is 1.37. The molecule has 1 atom stereocenters. The molecule has 1 aromatic carbocycles. The molecule has 1 aliphatic rings. The fourth-order valence-electron chi connectivity index (χ4n) is 2.08. The Labute approximate surface area is 114 Å². The van der Waals surface area contributed by atoms with Crippen molar-refractivity contribution < 1.29 is 13.2 Å². The van der Waals surface area contributed by atoms with Gasteiger partial charge in [0.2, 0.25) is 0 Å². The van der Waals surface area contributed by atoms with Crippen molar-refractivity contribution in [2.24, 2.45) is 0 Å². The highest BCUT2D eigenvalue weighted by Crippen LogP contribution is 2.14. The minimum absolute atomic E-state index is 0.0849. The Morgan fingerprint density at radius 2 is 2.11 bits per heavy atom. The first kappa shape index (κ1) is 14.1. The number of sulfone groups is 1. The first-order valence-corrected chi connectivity index (χ1v) is 8.17. The summed E-state index contributed by atoms with van der Waals surface area (Å²) in [6.07, 6.45) is 2.42. The molecule has 0 amide bonds. The van der Waals surface area contributed by atoms with Gasteiger partial charge >= 0.3 is 0 Å². The van der Waals surface area contributed by atoms with E-state index in [1.54, 1.807) is 6.08 Å². The predicted molar refractivity (Wildman–Crippen MR) is 76.0 cm³/mol. The van der Waals surface area contributed by atoms with Crippen LogP contribution in [0.5, 0.6) is 5.75 Å². The summed E-state index contributed by atoms with van der Waals surface area (Å²) in [5.41, 5.74) is 1.12. The maximum absolute atomic E-state index is 11.3. The van der Waals surface area contributed by atoms with Gasteiger partial charge in [0.1, 0.15) is 12.4 Å². The van der Waals surface area contributed by atoms with Crippen LogP contribution in [0.3, 0.4) is 0 Å². The molecule has 1 aliphatic heterocycles. The quantitative estimate of drug-likeness (QED) is 0.803. The molecule has 2 rings (SSSR count). The highest BCUT2D eigenvalue weighted by atomic mass is 32.2. The molecule has 4 nitrogen and oxygen atoms in total. The van der Waals surface area contributed by atoms with Crippen molar-refractivity contribution in [2.45, 2.75) is 19.0 Å². The zero-order valence-corrected chi connectivity index (χ0v) is 11.7. The molecule has 1 saturated heterocycles. The van der Waals surface area contributed by atoms with Crippen molar-refractivity contribution in [1.82, 2.24) is 5.32 Å². The summed E-state index contributed by atoms with van der Waals surface area (Å²) in [6, 6.07) is 7.86. The fourth-order valence-corrected chi connectivity index (χ4v) is 3.78. The highest BCUT2D eigenvalue weighted by molar-refractivity contribution is 7.91. The van der Waals surface area contributed by atoms with Crippen LogP contribution in [0.2, 0.25) is 0 Å². The van der Waals surface area contributed by atoms with Gasteiger partial charge in [-0.2, -0.15) is 0 Å². The third kappa shape index (κ3) is 4.36. The van der Waals surface area contributed by atoms with E-state index in [0.29, 0.717) is 25.3 Å². The molecule has 19 heavy (non-hydrogen) atoms. The molecule has 104 valence electrons. The number of ether oxygens (including phenoxy) is 1. The Hall–Kier alpha value is -1.33. The smallest absolute Gasteiger partial charge is 0.151 e. The first-order chi connectivity index (χ1) is 9.09. The standard InChI is InChI=1S/C14H19NO3S/c1-2-8-18-14-5-3-12(4-6-14)10-15-13-7-9-19(16,17)11-13/h2-6,13,15H,1,7-11H2. The summed E-state index contributed by atoms with van der Waals surface area (Å²) in [5, 5.41) is 3.28. The van der Waals surface area contributed by atoms with Crippen LogP contribution in [-0.4, -0.2) is 32.6 Å². The van der Waals surface area contributed by atoms with Crippen LogP contribution in [0.1, 0.15) is 12.0 Å². The average Bonchev–Trinajstić information content (AvgIpc) is 2.75. The monoisotopic (exact) mass is 281 g/mol. The van der Waals surface area contributed by atoms with Gasteiger partial charge in [0, 0.05) is 12.6 Å². The number of rotatable bonds is 6. The maximum Gasteiger partial charge on any atom is 0.151 e. The molecule has 1 unspecified atom stereocenters. The summed E-state index contributed by atoms with van der Waals surface area (Å²) >= 11 is 0. The summed E-state index contributed by atoms with van der Waals surface area (Å²) in [4.78, 5) is 0. The minimum atomic E-state index is -2.81. The highest BCUT2D eigenvalue weighted by Gasteiger charge is 2.27. The topological polar surface area (TPSA) is 55.4 Å². The number of benzene rings is 1. The third-order valence-corrected chi connectivity index (χ3v) is 4.89. The molecule has 0 radical (unpaired) electrons. The molecule has 1 N–H and O–H groups in total. The molecule has 0 bridgehead atoms. The van der Waals surface area contributed by atoms with E-state index in [1.165, 1.54) is 0 Å². The lowest BCUT2D eigenvalue weighted by Crippen LogP contribution is -2.29. The largest absolute Gasteiger partial charge is 0.490 e. The lowest BCUT2D eigenvalue weighted by atomic mass is 10.2. The molecule has 1 heterocycles. The lowest BCUT2D eigenvalue weighted by Gasteiger charge is -2.11. The molecular formula is C14H19NO3S. The third-order valence-electron chi connectivity index (χ3n) is 3.12. The van der Waals surface area contributed by atoms with E-state index in [0.717, 1.165) is 11.3 Å². The van der Waals surface area contributed by atoms with Gasteiger partial charge in [-0.15, -0.1) is 0 Å². The van der Waals surface area contributed by atoms with Gasteiger partial charge in [-0.1, -0.05) is 24.8 Å². The van der Waals surface area contributed by atoms with Crippen LogP contribution in [0.4, 0.5) is 0 Å². The Morgan fingerprint density at radius 1 is 1.37 bits per heavy atom. The SMILES string of the molecule is C=CCOc1ccc(CNC2CCS(=O)(=O)C2)cc1. The summed E-state index contributed by atoms with van der Waals surface area (Å²) in [6.45, 7) is 4.77. The molecule has 1 fully saturated rings. The number of hydrogen-bond acceptors (Lipinski definition) is 4. The van der Waals surface area contributed by atoms with Crippen molar-refractivity contribution in [2.75, 3.05) is 18.1 Å². The number of hydrogen-bond donors (Lipinski definition) is 1. The van der Waals surface area contributed by atoms with Crippen molar-refractivity contribution in [3.63, 3.8) is 0 Å². The average molecular weight is 281 g/mol. The molecule has 0 saturated carbocycles. The molecule has 0 aromatic heterocycles. The second-order valence-electron chi connectivity index (χ2n) is 4.72. The van der Waals surface area contributed by atoms with E-state index in [-0.39, 0.29) is 11.8 Å². The van der Waals surface area contributed by atoms with Gasteiger partial charge in [0.05, 0.1) is 11.5 Å². The van der Waals surface area contributed by atoms with Crippen LogP contribution < -0.4 is 10.1 Å². The fraction of sp³-hybridized carbons (Fsp3) is 0.429. The molecular weight excluding hydrogens is 262 g/mol. The van der Waals surface area contributed by atoms with Gasteiger partial charge in [-0.25, -0.2) is 8.42 Å². The summed E-state index contributed by atoms with van der Waals surface area (Å²) < 4.78 is 28.1. The first-order valence-electron chi connectivity index (χ1n) is 6.35. The zero-order valence-electron chi connectivity index (χ0n) is 10.8. The van der Waals surface area contributed by atoms with E-state index < -0.39 is 9.84 Å². The van der Waals surface area contributed by atoms with Crippen LogP contribution in [0.25, 0.3) is 0 Å². The van der Waals surface area contributed by atoms with Gasteiger partial charge < -0.3 is 10.1 Å². The van der Waals surface area contributed by atoms with E-state index in [1.807, 2.05) is 24.3 Å². The molecule has 1 aromatic rings. The number of nitrogens with one attached hydrogen (secondary N) is 1. The minimum Gasteiger partial charge on any atom is -0.490 e. The van der Waals surface area contributed by atoms with E-state index >= 15 is 0 Å². The Balaban J connectivity index is 1.81. The second kappa shape index (κ2) is 6.21. The van der Waals surface area contributed by atoms with Gasteiger partial charge in [0.25, 0.3) is 0 Å². The lowest BCUT2D eigenvalue weighted by molar-refractivity contribution is 0.363. The van der Waals surface area contributed by atoms with Crippen molar-refractivity contribution in [3.8, 4) is 5.75 Å². The Morgan fingerprint density at radius 3 is 2.68 bits per heavy atom. The molecule has 5 heteroatoms. The molecule has 0 spiro atoms. The van der Waals surface area contributed by atoms with Gasteiger partial charge in [-0.3, -0.25) is 0 Å². The predicted octanol–water partition coefficient (Wildman–Crippen LogP) is 1.53. The van der Waals surface area contributed by atoms with Gasteiger partial charge in [0.15, 0.2) is 9.84 Å². The van der Waals surface area contributed by atoms with E-state index in [4.69, 9.17) is 4.74 Å². The van der Waals surface area contributed by atoms with Crippen molar-refractivity contribution in [1.29, 1.82) is 0 Å².